The van der Waals surface area contributed by atoms with Crippen LogP contribution in [0.4, 0.5) is 5.69 Å². The van der Waals surface area contributed by atoms with Gasteiger partial charge in [0, 0.05) is 17.1 Å². The molecule has 0 radical (unpaired) electrons. The maximum atomic E-state index is 12.4. The molecule has 0 spiro atoms. The summed E-state index contributed by atoms with van der Waals surface area (Å²) in [7, 11) is -3.52. The number of benzene rings is 1. The summed E-state index contributed by atoms with van der Waals surface area (Å²) in [5, 5.41) is 4.95. The Bertz CT molecular complexity index is 661. The number of rotatable bonds is 6. The first-order chi connectivity index (χ1) is 9.53. The van der Waals surface area contributed by atoms with Crippen LogP contribution in [0.3, 0.4) is 0 Å². The smallest absolute Gasteiger partial charge is 0.263 e. The van der Waals surface area contributed by atoms with Crippen molar-refractivity contribution in [1.29, 1.82) is 0 Å². The molecule has 0 aliphatic heterocycles. The molecule has 108 valence electrons. The average molecular weight is 310 g/mol. The first-order valence-corrected chi connectivity index (χ1v) is 8.76. The predicted molar refractivity (Wildman–Crippen MR) is 83.7 cm³/mol. The molecule has 1 aromatic heterocycles. The van der Waals surface area contributed by atoms with Gasteiger partial charge in [0.15, 0.2) is 0 Å². The summed E-state index contributed by atoms with van der Waals surface area (Å²) >= 11 is 1.45. The van der Waals surface area contributed by atoms with Gasteiger partial charge in [0.2, 0.25) is 0 Å². The molecule has 2 rings (SSSR count). The van der Waals surface area contributed by atoms with Crippen molar-refractivity contribution in [2.45, 2.75) is 25.3 Å². The van der Waals surface area contributed by atoms with E-state index in [-0.39, 0.29) is 0 Å². The third-order valence-electron chi connectivity index (χ3n) is 2.83. The standard InChI is InChI=1S/C14H18N2O2S2/c1-3-15-10-13-14(8-9-19-13)20(17,18)16-12-6-4-11(2)5-7-12/h4-9,15-16H,3,10H2,1-2H3. The first-order valence-electron chi connectivity index (χ1n) is 6.39. The quantitative estimate of drug-likeness (QED) is 0.862. The molecule has 0 aliphatic carbocycles. The molecule has 0 amide bonds. The van der Waals surface area contributed by atoms with E-state index >= 15 is 0 Å². The number of nitrogens with one attached hydrogen (secondary N) is 2. The van der Waals surface area contributed by atoms with Gasteiger partial charge >= 0.3 is 0 Å². The molecule has 2 aromatic rings. The molecule has 1 aromatic carbocycles. The molecule has 20 heavy (non-hydrogen) atoms. The highest BCUT2D eigenvalue weighted by molar-refractivity contribution is 7.93. The molecule has 0 fully saturated rings. The zero-order valence-electron chi connectivity index (χ0n) is 11.5. The van der Waals surface area contributed by atoms with Gasteiger partial charge in [-0.15, -0.1) is 11.3 Å². The molecule has 1 heterocycles. The summed E-state index contributed by atoms with van der Waals surface area (Å²) in [6.07, 6.45) is 0. The fourth-order valence-electron chi connectivity index (χ4n) is 1.77. The van der Waals surface area contributed by atoms with Crippen LogP contribution in [-0.4, -0.2) is 15.0 Å². The summed E-state index contributed by atoms with van der Waals surface area (Å²) in [5.74, 6) is 0. The lowest BCUT2D eigenvalue weighted by Gasteiger charge is -2.09. The van der Waals surface area contributed by atoms with Gasteiger partial charge in [-0.1, -0.05) is 24.6 Å². The summed E-state index contributed by atoms with van der Waals surface area (Å²) in [6.45, 7) is 5.33. The fourth-order valence-corrected chi connectivity index (χ4v) is 4.24. The van der Waals surface area contributed by atoms with E-state index in [4.69, 9.17) is 0 Å². The largest absolute Gasteiger partial charge is 0.312 e. The van der Waals surface area contributed by atoms with E-state index in [9.17, 15) is 8.42 Å². The molecule has 4 nitrogen and oxygen atoms in total. The predicted octanol–water partition coefficient (Wildman–Crippen LogP) is 2.97. The fraction of sp³-hybridized carbons (Fsp3) is 0.286. The number of aryl methyl sites for hydroxylation is 1. The number of sulfonamides is 1. The second kappa shape index (κ2) is 6.39. The third-order valence-corrected chi connectivity index (χ3v) is 5.35. The number of hydrogen-bond donors (Lipinski definition) is 2. The van der Waals surface area contributed by atoms with Crippen molar-refractivity contribution >= 4 is 27.0 Å². The SMILES string of the molecule is CCNCc1sccc1S(=O)(=O)Nc1ccc(C)cc1. The maximum Gasteiger partial charge on any atom is 0.263 e. The highest BCUT2D eigenvalue weighted by Crippen LogP contribution is 2.24. The summed E-state index contributed by atoms with van der Waals surface area (Å²) in [6, 6.07) is 8.94. The Balaban J connectivity index is 2.22. The molecule has 6 heteroatoms. The van der Waals surface area contributed by atoms with Crippen molar-refractivity contribution in [3.05, 3.63) is 46.2 Å². The maximum absolute atomic E-state index is 12.4. The van der Waals surface area contributed by atoms with Crippen molar-refractivity contribution in [3.63, 3.8) is 0 Å². The summed E-state index contributed by atoms with van der Waals surface area (Å²) in [4.78, 5) is 1.18. The minimum atomic E-state index is -3.52. The topological polar surface area (TPSA) is 58.2 Å². The van der Waals surface area contributed by atoms with Gasteiger partial charge in [-0.05, 0) is 37.0 Å². The number of hydrogen-bond acceptors (Lipinski definition) is 4. The molecule has 2 N–H and O–H groups in total. The van der Waals surface area contributed by atoms with Gasteiger partial charge in [-0.2, -0.15) is 0 Å². The highest BCUT2D eigenvalue weighted by atomic mass is 32.2. The van der Waals surface area contributed by atoms with E-state index in [1.165, 1.54) is 11.3 Å². The third kappa shape index (κ3) is 3.59. The Morgan fingerprint density at radius 1 is 1.15 bits per heavy atom. The normalized spacial score (nSPS) is 11.5. The van der Waals surface area contributed by atoms with Crippen LogP contribution in [0.25, 0.3) is 0 Å². The van der Waals surface area contributed by atoms with Crippen molar-refractivity contribution in [2.24, 2.45) is 0 Å². The van der Waals surface area contributed by atoms with Gasteiger partial charge < -0.3 is 5.32 Å². The van der Waals surface area contributed by atoms with Gasteiger partial charge in [0.05, 0.1) is 0 Å². The Hall–Kier alpha value is -1.37. The Morgan fingerprint density at radius 2 is 1.85 bits per heavy atom. The van der Waals surface area contributed by atoms with E-state index in [1.807, 2.05) is 26.0 Å². The van der Waals surface area contributed by atoms with E-state index < -0.39 is 10.0 Å². The van der Waals surface area contributed by atoms with Gasteiger partial charge in [-0.3, -0.25) is 4.72 Å². The second-order valence-electron chi connectivity index (χ2n) is 4.46. The lowest BCUT2D eigenvalue weighted by atomic mass is 10.2. The monoisotopic (exact) mass is 310 g/mol. The van der Waals surface area contributed by atoms with Crippen molar-refractivity contribution in [2.75, 3.05) is 11.3 Å². The molecule has 0 bridgehead atoms. The van der Waals surface area contributed by atoms with Crippen LogP contribution in [0.1, 0.15) is 17.4 Å². The highest BCUT2D eigenvalue weighted by Gasteiger charge is 2.19. The van der Waals surface area contributed by atoms with Gasteiger partial charge in [0.25, 0.3) is 10.0 Å². The Labute approximate surface area is 123 Å². The van der Waals surface area contributed by atoms with Crippen LogP contribution in [0, 0.1) is 6.92 Å². The number of thiophene rings is 1. The molecular formula is C14H18N2O2S2. The molecule has 0 aliphatic rings. The summed E-state index contributed by atoms with van der Waals surface area (Å²) in [5.41, 5.74) is 1.67. The van der Waals surface area contributed by atoms with Crippen LogP contribution < -0.4 is 10.0 Å². The van der Waals surface area contributed by atoms with Crippen LogP contribution in [0.15, 0.2) is 40.6 Å². The average Bonchev–Trinajstić information content (AvgIpc) is 2.88. The number of anilines is 1. The molecular weight excluding hydrogens is 292 g/mol. The van der Waals surface area contributed by atoms with Gasteiger partial charge in [0.1, 0.15) is 4.90 Å². The van der Waals surface area contributed by atoms with Crippen LogP contribution in [-0.2, 0) is 16.6 Å². The molecule has 0 unspecified atom stereocenters. The zero-order valence-corrected chi connectivity index (χ0v) is 13.1. The summed E-state index contributed by atoms with van der Waals surface area (Å²) < 4.78 is 27.4. The lowest BCUT2D eigenvalue weighted by molar-refractivity contribution is 0.599. The van der Waals surface area contributed by atoms with Crippen LogP contribution >= 0.6 is 11.3 Å². The molecule has 0 atom stereocenters. The lowest BCUT2D eigenvalue weighted by Crippen LogP contribution is -2.17. The van der Waals surface area contributed by atoms with E-state index in [2.05, 4.69) is 10.0 Å². The van der Waals surface area contributed by atoms with Gasteiger partial charge in [-0.25, -0.2) is 8.42 Å². The van der Waals surface area contributed by atoms with Crippen LogP contribution in [0.5, 0.6) is 0 Å². The van der Waals surface area contributed by atoms with Crippen LogP contribution in [0.2, 0.25) is 0 Å². The first kappa shape index (κ1) is 15.0. The van der Waals surface area contributed by atoms with E-state index in [1.54, 1.807) is 23.6 Å². The van der Waals surface area contributed by atoms with Crippen molar-refractivity contribution in [1.82, 2.24) is 5.32 Å². The molecule has 0 saturated heterocycles. The van der Waals surface area contributed by atoms with E-state index in [0.29, 0.717) is 17.1 Å². The molecule has 0 saturated carbocycles. The van der Waals surface area contributed by atoms with E-state index in [0.717, 1.165) is 17.0 Å². The zero-order chi connectivity index (χ0) is 14.6. The second-order valence-corrected chi connectivity index (χ2v) is 7.11. The Kier molecular flexibility index (Phi) is 4.80. The Morgan fingerprint density at radius 3 is 2.50 bits per heavy atom. The minimum absolute atomic E-state index is 0.351. The van der Waals surface area contributed by atoms with Crippen molar-refractivity contribution < 1.29 is 8.42 Å². The minimum Gasteiger partial charge on any atom is -0.312 e. The van der Waals surface area contributed by atoms with Crippen molar-refractivity contribution in [3.8, 4) is 0 Å².